The number of nitriles is 1. The first-order valence-electron chi connectivity index (χ1n) is 6.24. The number of halogens is 1. The van der Waals surface area contributed by atoms with Crippen LogP contribution in [0.3, 0.4) is 0 Å². The summed E-state index contributed by atoms with van der Waals surface area (Å²) in [5.74, 6) is -0.696. The van der Waals surface area contributed by atoms with E-state index in [1.54, 1.807) is 6.07 Å². The highest BCUT2D eigenvalue weighted by molar-refractivity contribution is 7.92. The van der Waals surface area contributed by atoms with E-state index in [9.17, 15) is 12.8 Å². The van der Waals surface area contributed by atoms with Crippen molar-refractivity contribution in [2.75, 3.05) is 10.5 Å². The van der Waals surface area contributed by atoms with Crippen LogP contribution in [0.4, 0.5) is 10.1 Å². The molecular formula is C15H13FN2O2S. The molecule has 2 aromatic carbocycles. The summed E-state index contributed by atoms with van der Waals surface area (Å²) in [6.07, 6.45) is 0.360. The van der Waals surface area contributed by atoms with Crippen LogP contribution in [0.2, 0.25) is 0 Å². The topological polar surface area (TPSA) is 70.0 Å². The van der Waals surface area contributed by atoms with Crippen LogP contribution in [0.5, 0.6) is 0 Å². The van der Waals surface area contributed by atoms with Crippen LogP contribution < -0.4 is 4.72 Å². The van der Waals surface area contributed by atoms with Gasteiger partial charge in [-0.1, -0.05) is 30.3 Å². The fraction of sp³-hybridized carbons (Fsp3) is 0.133. The van der Waals surface area contributed by atoms with Crippen molar-refractivity contribution in [2.45, 2.75) is 6.42 Å². The Hall–Kier alpha value is -2.39. The summed E-state index contributed by atoms with van der Waals surface area (Å²) in [5.41, 5.74) is 0.952. The van der Waals surface area contributed by atoms with E-state index in [1.807, 2.05) is 30.3 Å². The van der Waals surface area contributed by atoms with Crippen LogP contribution in [0, 0.1) is 17.1 Å². The fourth-order valence-electron chi connectivity index (χ4n) is 1.81. The van der Waals surface area contributed by atoms with Gasteiger partial charge < -0.3 is 0 Å². The number of aryl methyl sites for hydroxylation is 1. The van der Waals surface area contributed by atoms with E-state index < -0.39 is 15.8 Å². The number of benzene rings is 2. The molecule has 6 heteroatoms. The molecule has 0 unspecified atom stereocenters. The molecule has 0 saturated carbocycles. The summed E-state index contributed by atoms with van der Waals surface area (Å²) in [4.78, 5) is 0. The lowest BCUT2D eigenvalue weighted by Crippen LogP contribution is -2.19. The Morgan fingerprint density at radius 1 is 1.14 bits per heavy atom. The van der Waals surface area contributed by atoms with Gasteiger partial charge in [-0.3, -0.25) is 4.72 Å². The number of nitrogens with one attached hydrogen (secondary N) is 1. The Labute approximate surface area is 122 Å². The minimum absolute atomic E-state index is 0.0433. The summed E-state index contributed by atoms with van der Waals surface area (Å²) in [5, 5.41) is 8.90. The second-order valence-electron chi connectivity index (χ2n) is 4.46. The molecule has 2 aromatic rings. The molecular weight excluding hydrogens is 291 g/mol. The number of hydrogen-bond acceptors (Lipinski definition) is 3. The second kappa shape index (κ2) is 6.37. The van der Waals surface area contributed by atoms with Gasteiger partial charge in [0.1, 0.15) is 11.9 Å². The molecule has 0 atom stereocenters. The number of sulfonamides is 1. The third-order valence-electron chi connectivity index (χ3n) is 2.87. The Morgan fingerprint density at radius 3 is 2.52 bits per heavy atom. The van der Waals surface area contributed by atoms with Crippen molar-refractivity contribution in [2.24, 2.45) is 0 Å². The van der Waals surface area contributed by atoms with E-state index in [4.69, 9.17) is 5.26 Å². The van der Waals surface area contributed by atoms with Crippen molar-refractivity contribution in [3.05, 3.63) is 65.5 Å². The van der Waals surface area contributed by atoms with Gasteiger partial charge in [-0.05, 0) is 30.2 Å². The maximum atomic E-state index is 13.0. The van der Waals surface area contributed by atoms with Gasteiger partial charge in [0.05, 0.1) is 17.0 Å². The van der Waals surface area contributed by atoms with E-state index in [0.29, 0.717) is 6.42 Å². The second-order valence-corrected chi connectivity index (χ2v) is 6.30. The Kier molecular flexibility index (Phi) is 4.55. The molecule has 0 bridgehead atoms. The van der Waals surface area contributed by atoms with Gasteiger partial charge in [-0.15, -0.1) is 0 Å². The number of anilines is 1. The fourth-order valence-corrected chi connectivity index (χ4v) is 2.93. The maximum absolute atomic E-state index is 13.0. The number of hydrogen-bond donors (Lipinski definition) is 1. The van der Waals surface area contributed by atoms with Crippen molar-refractivity contribution in [1.29, 1.82) is 5.26 Å². The molecule has 0 aromatic heterocycles. The summed E-state index contributed by atoms with van der Waals surface area (Å²) in [6, 6.07) is 14.3. The number of rotatable bonds is 5. The van der Waals surface area contributed by atoms with Crippen molar-refractivity contribution in [1.82, 2.24) is 0 Å². The zero-order valence-corrected chi connectivity index (χ0v) is 11.9. The standard InChI is InChI=1S/C15H13FN2O2S/c16-14-6-7-15(13(10-14)11-17)18-21(19,20)9-8-12-4-2-1-3-5-12/h1-7,10,18H,8-9H2. The molecule has 108 valence electrons. The van der Waals surface area contributed by atoms with Crippen LogP contribution >= 0.6 is 0 Å². The molecule has 0 saturated heterocycles. The monoisotopic (exact) mass is 304 g/mol. The predicted octanol–water partition coefficient (Wildman–Crippen LogP) is 2.68. The van der Waals surface area contributed by atoms with Gasteiger partial charge in [0.25, 0.3) is 0 Å². The van der Waals surface area contributed by atoms with Crippen LogP contribution in [0.25, 0.3) is 0 Å². The molecule has 0 fully saturated rings. The zero-order chi connectivity index (χ0) is 15.3. The van der Waals surface area contributed by atoms with Crippen LogP contribution in [-0.4, -0.2) is 14.2 Å². The summed E-state index contributed by atoms with van der Waals surface area (Å²) in [7, 11) is -3.60. The third kappa shape index (κ3) is 4.29. The lowest BCUT2D eigenvalue weighted by Gasteiger charge is -2.09. The first-order valence-corrected chi connectivity index (χ1v) is 7.89. The van der Waals surface area contributed by atoms with Gasteiger partial charge in [0, 0.05) is 0 Å². The van der Waals surface area contributed by atoms with Gasteiger partial charge in [0.15, 0.2) is 0 Å². The first-order chi connectivity index (χ1) is 10.00. The molecule has 0 heterocycles. The van der Waals surface area contributed by atoms with Gasteiger partial charge in [0.2, 0.25) is 10.0 Å². The van der Waals surface area contributed by atoms with E-state index >= 15 is 0 Å². The summed E-state index contributed by atoms with van der Waals surface area (Å²) < 4.78 is 39.4. The summed E-state index contributed by atoms with van der Waals surface area (Å²) >= 11 is 0. The van der Waals surface area contributed by atoms with Crippen molar-refractivity contribution in [3.63, 3.8) is 0 Å². The smallest absolute Gasteiger partial charge is 0.233 e. The van der Waals surface area contributed by atoms with Crippen molar-refractivity contribution in [3.8, 4) is 6.07 Å². The quantitative estimate of drug-likeness (QED) is 0.923. The normalized spacial score (nSPS) is 10.9. The van der Waals surface area contributed by atoms with Crippen LogP contribution in [-0.2, 0) is 16.4 Å². The Balaban J connectivity index is 2.10. The molecule has 0 aliphatic carbocycles. The lowest BCUT2D eigenvalue weighted by atomic mass is 10.2. The molecule has 0 radical (unpaired) electrons. The highest BCUT2D eigenvalue weighted by Crippen LogP contribution is 2.17. The molecule has 0 aliphatic rings. The van der Waals surface area contributed by atoms with E-state index in [-0.39, 0.29) is 17.0 Å². The van der Waals surface area contributed by atoms with E-state index in [1.165, 1.54) is 6.07 Å². The molecule has 2 rings (SSSR count). The molecule has 0 aliphatic heterocycles. The summed E-state index contributed by atoms with van der Waals surface area (Å²) in [6.45, 7) is 0. The Bertz CT molecular complexity index is 768. The average molecular weight is 304 g/mol. The molecule has 4 nitrogen and oxygen atoms in total. The number of nitrogens with zero attached hydrogens (tertiary/aromatic N) is 1. The minimum atomic E-state index is -3.60. The largest absolute Gasteiger partial charge is 0.282 e. The maximum Gasteiger partial charge on any atom is 0.233 e. The zero-order valence-electron chi connectivity index (χ0n) is 11.1. The molecule has 21 heavy (non-hydrogen) atoms. The molecule has 1 N–H and O–H groups in total. The van der Waals surface area contributed by atoms with E-state index in [2.05, 4.69) is 4.72 Å². The highest BCUT2D eigenvalue weighted by Gasteiger charge is 2.13. The van der Waals surface area contributed by atoms with Crippen LogP contribution in [0.1, 0.15) is 11.1 Å². The van der Waals surface area contributed by atoms with Gasteiger partial charge in [-0.2, -0.15) is 5.26 Å². The lowest BCUT2D eigenvalue weighted by molar-refractivity contribution is 0.600. The third-order valence-corrected chi connectivity index (χ3v) is 4.14. The highest BCUT2D eigenvalue weighted by atomic mass is 32.2. The predicted molar refractivity (Wildman–Crippen MR) is 78.7 cm³/mol. The van der Waals surface area contributed by atoms with Crippen molar-refractivity contribution >= 4 is 15.7 Å². The van der Waals surface area contributed by atoms with Gasteiger partial charge in [-0.25, -0.2) is 12.8 Å². The SMILES string of the molecule is N#Cc1cc(F)ccc1NS(=O)(=O)CCc1ccccc1. The minimum Gasteiger partial charge on any atom is -0.282 e. The first kappa shape index (κ1) is 15.0. The Morgan fingerprint density at radius 2 is 1.86 bits per heavy atom. The van der Waals surface area contributed by atoms with Gasteiger partial charge >= 0.3 is 0 Å². The van der Waals surface area contributed by atoms with Crippen LogP contribution in [0.15, 0.2) is 48.5 Å². The van der Waals surface area contributed by atoms with Crippen molar-refractivity contribution < 1.29 is 12.8 Å². The molecule has 0 amide bonds. The average Bonchev–Trinajstić information content (AvgIpc) is 2.48. The van der Waals surface area contributed by atoms with E-state index in [0.717, 1.165) is 17.7 Å². The molecule has 0 spiro atoms.